The third-order valence-corrected chi connectivity index (χ3v) is 5.88. The zero-order valence-electron chi connectivity index (χ0n) is 15.6. The quantitative estimate of drug-likeness (QED) is 0.375. The van der Waals surface area contributed by atoms with Gasteiger partial charge in [0, 0.05) is 23.7 Å². The molecule has 0 spiro atoms. The van der Waals surface area contributed by atoms with Crippen LogP contribution in [0, 0.1) is 6.92 Å². The highest BCUT2D eigenvalue weighted by molar-refractivity contribution is 7.97. The van der Waals surface area contributed by atoms with E-state index in [4.69, 9.17) is 16.4 Å². The Hall–Kier alpha value is -1.54. The number of nitrogens with zero attached hydrogens (tertiary/aromatic N) is 1. The summed E-state index contributed by atoms with van der Waals surface area (Å²) in [5.74, 6) is 0. The first-order chi connectivity index (χ1) is 12.3. The van der Waals surface area contributed by atoms with Crippen LogP contribution in [-0.4, -0.2) is 24.7 Å². The van der Waals surface area contributed by atoms with Gasteiger partial charge in [-0.25, -0.2) is 0 Å². The fourth-order valence-electron chi connectivity index (χ4n) is 2.55. The first-order valence-corrected chi connectivity index (χ1v) is 9.60. The molecule has 0 amide bonds. The molecule has 8 heteroatoms. The molecule has 2 N–H and O–H groups in total. The Labute approximate surface area is 162 Å². The average Bonchev–Trinajstić information content (AvgIpc) is 2.65. The van der Waals surface area contributed by atoms with Gasteiger partial charge in [0.2, 0.25) is 0 Å². The summed E-state index contributed by atoms with van der Waals surface area (Å²) in [5, 5.41) is 6.87. The molecular weight excluding hydrogens is 374 g/mol. The summed E-state index contributed by atoms with van der Waals surface area (Å²) in [6, 6.07) is 3.71. The lowest BCUT2D eigenvalue weighted by Gasteiger charge is -2.22. The summed E-state index contributed by atoms with van der Waals surface area (Å²) >= 11 is 7.64. The van der Waals surface area contributed by atoms with Gasteiger partial charge in [0.25, 0.3) is 10.9 Å². The zero-order valence-corrected chi connectivity index (χ0v) is 17.2. The van der Waals surface area contributed by atoms with Gasteiger partial charge >= 0.3 is 0 Å². The second kappa shape index (κ2) is 8.90. The van der Waals surface area contributed by atoms with Gasteiger partial charge in [-0.2, -0.15) is 0 Å². The fourth-order valence-corrected chi connectivity index (χ4v) is 3.59. The van der Waals surface area contributed by atoms with E-state index in [0.29, 0.717) is 16.4 Å². The fraction of sp³-hybridized carbons (Fsp3) is 0.444. The SMILES string of the molecule is CCC(CC)Nc1c(Nc2ccc(Cl)c(SN(C)OC)c2C)c(=O)c1=O. The molecule has 0 aliphatic heterocycles. The monoisotopic (exact) mass is 397 g/mol. The normalized spacial score (nSPS) is 11.5. The van der Waals surface area contributed by atoms with E-state index in [1.807, 2.05) is 20.8 Å². The van der Waals surface area contributed by atoms with Crippen molar-refractivity contribution in [2.24, 2.45) is 0 Å². The number of nitrogens with one attached hydrogen (secondary N) is 2. The first kappa shape index (κ1) is 20.8. The minimum absolute atomic E-state index is 0.159. The molecule has 2 aromatic carbocycles. The van der Waals surface area contributed by atoms with Crippen LogP contribution in [0.1, 0.15) is 32.3 Å². The molecule has 26 heavy (non-hydrogen) atoms. The van der Waals surface area contributed by atoms with Crippen molar-refractivity contribution in [1.82, 2.24) is 4.47 Å². The van der Waals surface area contributed by atoms with Gasteiger partial charge in [-0.05, 0) is 49.4 Å². The highest BCUT2D eigenvalue weighted by Crippen LogP contribution is 2.37. The van der Waals surface area contributed by atoms with E-state index >= 15 is 0 Å². The largest absolute Gasteiger partial charge is 0.377 e. The number of halogens is 1. The topological polar surface area (TPSA) is 70.7 Å². The van der Waals surface area contributed by atoms with Crippen LogP contribution in [0.3, 0.4) is 0 Å². The van der Waals surface area contributed by atoms with Crippen LogP contribution < -0.4 is 21.5 Å². The van der Waals surface area contributed by atoms with Crippen molar-refractivity contribution >= 4 is 40.6 Å². The molecular formula is C18H24ClN3O3S. The van der Waals surface area contributed by atoms with Crippen molar-refractivity contribution in [3.63, 3.8) is 0 Å². The highest BCUT2D eigenvalue weighted by atomic mass is 35.5. The van der Waals surface area contributed by atoms with Gasteiger partial charge in [-0.1, -0.05) is 25.4 Å². The van der Waals surface area contributed by atoms with Crippen molar-refractivity contribution in [3.8, 4) is 0 Å². The molecule has 0 fully saturated rings. The van der Waals surface area contributed by atoms with Crippen LogP contribution in [-0.2, 0) is 4.84 Å². The zero-order chi connectivity index (χ0) is 19.4. The molecule has 0 saturated heterocycles. The number of hydrogen-bond acceptors (Lipinski definition) is 7. The van der Waals surface area contributed by atoms with Crippen LogP contribution in [0.2, 0.25) is 5.02 Å². The Morgan fingerprint density at radius 3 is 2.38 bits per heavy atom. The van der Waals surface area contributed by atoms with Crippen LogP contribution in [0.25, 0.3) is 0 Å². The standard InChI is InChI=1S/C18H24ClN3O3S/c1-6-11(7-2)20-14-15(17(24)16(14)23)21-13-9-8-12(19)18(10(13)3)26-22(4)25-5/h8-9,11,20-21H,6-7H2,1-5H3. The predicted octanol–water partition coefficient (Wildman–Crippen LogP) is 4.09. The molecule has 0 aromatic heterocycles. The molecule has 0 atom stereocenters. The maximum atomic E-state index is 12.1. The Morgan fingerprint density at radius 2 is 1.81 bits per heavy atom. The van der Waals surface area contributed by atoms with Gasteiger partial charge < -0.3 is 10.6 Å². The molecule has 0 bridgehead atoms. The van der Waals surface area contributed by atoms with Crippen molar-refractivity contribution in [2.45, 2.75) is 44.6 Å². The van der Waals surface area contributed by atoms with E-state index in [2.05, 4.69) is 10.6 Å². The summed E-state index contributed by atoms with van der Waals surface area (Å²) < 4.78 is 1.58. The van der Waals surface area contributed by atoms with Gasteiger partial charge in [0.05, 0.1) is 12.1 Å². The molecule has 6 nitrogen and oxygen atoms in total. The van der Waals surface area contributed by atoms with Crippen molar-refractivity contribution < 1.29 is 4.84 Å². The Bertz CT molecular complexity index is 845. The Kier molecular flexibility index (Phi) is 7.11. The molecule has 0 radical (unpaired) electrons. The van der Waals surface area contributed by atoms with Gasteiger partial charge in [0.1, 0.15) is 11.4 Å². The molecule has 0 heterocycles. The third-order valence-electron chi connectivity index (χ3n) is 4.34. The van der Waals surface area contributed by atoms with Gasteiger partial charge in [-0.3, -0.25) is 14.4 Å². The summed E-state index contributed by atoms with van der Waals surface area (Å²) in [6.45, 7) is 5.98. The lowest BCUT2D eigenvalue weighted by atomic mass is 10.1. The number of benzene rings is 1. The molecule has 0 aliphatic rings. The lowest BCUT2D eigenvalue weighted by molar-refractivity contribution is -0.0146. The van der Waals surface area contributed by atoms with E-state index in [0.717, 1.165) is 29.0 Å². The van der Waals surface area contributed by atoms with E-state index in [1.54, 1.807) is 30.8 Å². The van der Waals surface area contributed by atoms with Crippen LogP contribution >= 0.6 is 23.5 Å². The summed E-state index contributed by atoms with van der Waals surface area (Å²) in [6.07, 6.45) is 1.75. The average molecular weight is 398 g/mol. The summed E-state index contributed by atoms with van der Waals surface area (Å²) in [7, 11) is 3.34. The summed E-state index contributed by atoms with van der Waals surface area (Å²) in [4.78, 5) is 30.0. The van der Waals surface area contributed by atoms with E-state index in [9.17, 15) is 9.59 Å². The van der Waals surface area contributed by atoms with E-state index in [-0.39, 0.29) is 6.04 Å². The van der Waals surface area contributed by atoms with Gasteiger partial charge in [-0.15, -0.1) is 4.47 Å². The number of rotatable bonds is 9. The smallest absolute Gasteiger partial charge is 0.253 e. The van der Waals surface area contributed by atoms with Crippen LogP contribution in [0.4, 0.5) is 17.1 Å². The highest BCUT2D eigenvalue weighted by Gasteiger charge is 2.23. The van der Waals surface area contributed by atoms with E-state index < -0.39 is 10.9 Å². The van der Waals surface area contributed by atoms with E-state index in [1.165, 1.54) is 11.9 Å². The number of hydrogen-bond donors (Lipinski definition) is 2. The Morgan fingerprint density at radius 1 is 1.19 bits per heavy atom. The van der Waals surface area contributed by atoms with Crippen LogP contribution in [0.15, 0.2) is 26.6 Å². The molecule has 142 valence electrons. The maximum absolute atomic E-state index is 12.1. The van der Waals surface area contributed by atoms with Gasteiger partial charge in [0.15, 0.2) is 0 Å². The summed E-state index contributed by atoms with van der Waals surface area (Å²) in [5.41, 5.74) is 1.29. The number of anilines is 3. The molecule has 0 aliphatic carbocycles. The number of hydroxylamine groups is 1. The lowest BCUT2D eigenvalue weighted by Crippen LogP contribution is -2.38. The minimum atomic E-state index is -0.504. The third kappa shape index (κ3) is 4.23. The van der Waals surface area contributed by atoms with Crippen molar-refractivity contribution in [2.75, 3.05) is 24.8 Å². The molecule has 0 saturated carbocycles. The Balaban J connectivity index is 2.33. The predicted molar refractivity (Wildman–Crippen MR) is 109 cm³/mol. The second-order valence-corrected chi connectivity index (χ2v) is 7.47. The molecule has 2 rings (SSSR count). The maximum Gasteiger partial charge on any atom is 0.253 e. The van der Waals surface area contributed by atoms with Crippen LogP contribution in [0.5, 0.6) is 0 Å². The second-order valence-electron chi connectivity index (χ2n) is 5.95. The first-order valence-electron chi connectivity index (χ1n) is 8.45. The minimum Gasteiger partial charge on any atom is -0.377 e. The molecule has 2 aromatic rings. The van der Waals surface area contributed by atoms with Crippen molar-refractivity contribution in [3.05, 3.63) is 43.2 Å². The van der Waals surface area contributed by atoms with Crippen molar-refractivity contribution in [1.29, 1.82) is 0 Å². The molecule has 0 unspecified atom stereocenters.